The molecule has 0 radical (unpaired) electrons. The molecule has 0 amide bonds. The fourth-order valence-electron chi connectivity index (χ4n) is 1.89. The Morgan fingerprint density at radius 1 is 1.35 bits per heavy atom. The Morgan fingerprint density at radius 2 is 2.15 bits per heavy atom. The number of aryl methyl sites for hydroxylation is 1. The van der Waals surface area contributed by atoms with Crippen molar-refractivity contribution in [3.05, 3.63) is 59.8 Å². The van der Waals surface area contributed by atoms with Gasteiger partial charge < -0.3 is 10.3 Å². The smallest absolute Gasteiger partial charge is 0.248 e. The third kappa shape index (κ3) is 2.57. The van der Waals surface area contributed by atoms with E-state index >= 15 is 0 Å². The molecule has 7 nitrogen and oxygen atoms in total. The van der Waals surface area contributed by atoms with E-state index in [4.69, 9.17) is 10.3 Å². The van der Waals surface area contributed by atoms with Gasteiger partial charge in [-0.3, -0.25) is 9.67 Å². The second-order valence-corrected chi connectivity index (χ2v) is 4.51. The molecule has 102 valence electrons. The second kappa shape index (κ2) is 5.22. The Bertz CT molecular complexity index is 690. The molecule has 0 spiro atoms. The van der Waals surface area contributed by atoms with Crippen molar-refractivity contribution >= 4 is 0 Å². The minimum Gasteiger partial charge on any atom is -0.337 e. The predicted molar refractivity (Wildman–Crippen MR) is 70.6 cm³/mol. The first kappa shape index (κ1) is 12.5. The van der Waals surface area contributed by atoms with Crippen molar-refractivity contribution in [2.75, 3.05) is 0 Å². The first-order chi connectivity index (χ1) is 9.72. The fraction of sp³-hybridized carbons (Fsp3) is 0.231. The summed E-state index contributed by atoms with van der Waals surface area (Å²) < 4.78 is 6.91. The van der Waals surface area contributed by atoms with E-state index in [1.165, 1.54) is 0 Å². The van der Waals surface area contributed by atoms with Gasteiger partial charge in [-0.15, -0.1) is 0 Å². The van der Waals surface area contributed by atoms with Crippen LogP contribution < -0.4 is 5.73 Å². The van der Waals surface area contributed by atoms with E-state index in [0.717, 1.165) is 11.1 Å². The van der Waals surface area contributed by atoms with E-state index in [1.54, 1.807) is 23.3 Å². The minimum absolute atomic E-state index is 0.391. The van der Waals surface area contributed by atoms with Gasteiger partial charge in [0.1, 0.15) is 6.04 Å². The quantitative estimate of drug-likeness (QED) is 0.754. The maximum Gasteiger partial charge on any atom is 0.248 e. The van der Waals surface area contributed by atoms with Crippen molar-refractivity contribution in [3.63, 3.8) is 0 Å². The predicted octanol–water partition coefficient (Wildman–Crippen LogP) is 0.837. The highest BCUT2D eigenvalue weighted by molar-refractivity contribution is 5.19. The van der Waals surface area contributed by atoms with E-state index in [2.05, 4.69) is 20.2 Å². The van der Waals surface area contributed by atoms with Crippen LogP contribution in [0.25, 0.3) is 0 Å². The van der Waals surface area contributed by atoms with E-state index in [-0.39, 0.29) is 0 Å². The lowest BCUT2D eigenvalue weighted by Gasteiger charge is -2.01. The van der Waals surface area contributed by atoms with Crippen LogP contribution >= 0.6 is 0 Å². The molecule has 0 saturated carbocycles. The van der Waals surface area contributed by atoms with Crippen molar-refractivity contribution in [1.82, 2.24) is 24.9 Å². The first-order valence-corrected chi connectivity index (χ1v) is 6.18. The molecular weight excluding hydrogens is 256 g/mol. The number of nitrogens with two attached hydrogens (primary N) is 1. The zero-order valence-corrected chi connectivity index (χ0v) is 11.0. The van der Waals surface area contributed by atoms with Crippen molar-refractivity contribution in [3.8, 4) is 0 Å². The van der Waals surface area contributed by atoms with Gasteiger partial charge in [0.2, 0.25) is 5.89 Å². The van der Waals surface area contributed by atoms with Gasteiger partial charge in [0.15, 0.2) is 5.82 Å². The Labute approximate surface area is 115 Å². The van der Waals surface area contributed by atoms with Crippen LogP contribution in [0.15, 0.2) is 41.4 Å². The van der Waals surface area contributed by atoms with Crippen LogP contribution in [0.2, 0.25) is 0 Å². The zero-order chi connectivity index (χ0) is 13.9. The van der Waals surface area contributed by atoms with Crippen LogP contribution in [0, 0.1) is 0 Å². The lowest BCUT2D eigenvalue weighted by molar-refractivity contribution is 0.363. The molecule has 1 unspecified atom stereocenters. The number of rotatable bonds is 4. The molecule has 0 fully saturated rings. The van der Waals surface area contributed by atoms with E-state index in [1.807, 2.05) is 25.4 Å². The molecule has 3 aromatic heterocycles. The lowest BCUT2D eigenvalue weighted by Crippen LogP contribution is -2.11. The van der Waals surface area contributed by atoms with Crippen LogP contribution in [-0.4, -0.2) is 24.9 Å². The first-order valence-electron chi connectivity index (χ1n) is 6.18. The van der Waals surface area contributed by atoms with Crippen molar-refractivity contribution in [2.24, 2.45) is 12.8 Å². The molecule has 0 aliphatic heterocycles. The average Bonchev–Trinajstić information content (AvgIpc) is 3.08. The summed E-state index contributed by atoms with van der Waals surface area (Å²) in [7, 11) is 1.83. The normalized spacial score (nSPS) is 12.5. The molecule has 7 heteroatoms. The summed E-state index contributed by atoms with van der Waals surface area (Å²) in [5.41, 5.74) is 7.99. The fourth-order valence-corrected chi connectivity index (χ4v) is 1.89. The average molecular weight is 270 g/mol. The van der Waals surface area contributed by atoms with Crippen LogP contribution in [-0.2, 0) is 13.5 Å². The number of hydrogen-bond acceptors (Lipinski definition) is 6. The third-order valence-electron chi connectivity index (χ3n) is 2.95. The molecule has 3 aromatic rings. The van der Waals surface area contributed by atoms with Crippen LogP contribution in [0.4, 0.5) is 0 Å². The van der Waals surface area contributed by atoms with E-state index in [9.17, 15) is 0 Å². The molecule has 2 N–H and O–H groups in total. The van der Waals surface area contributed by atoms with Gasteiger partial charge in [-0.05, 0) is 17.7 Å². The van der Waals surface area contributed by atoms with Crippen LogP contribution in [0.1, 0.15) is 28.9 Å². The second-order valence-electron chi connectivity index (χ2n) is 4.51. The van der Waals surface area contributed by atoms with Crippen LogP contribution in [0.5, 0.6) is 0 Å². The SMILES string of the molecule is Cn1cc(C(N)c2nc(Cc3ccncc3)no2)cn1. The Kier molecular flexibility index (Phi) is 3.26. The maximum atomic E-state index is 6.08. The summed E-state index contributed by atoms with van der Waals surface area (Å²) in [4.78, 5) is 8.30. The summed E-state index contributed by atoms with van der Waals surface area (Å²) >= 11 is 0. The summed E-state index contributed by atoms with van der Waals surface area (Å²) in [6, 6.07) is 3.37. The standard InChI is InChI=1S/C13H14N6O/c1-19-8-10(7-16-19)12(14)13-17-11(18-20-13)6-9-2-4-15-5-3-9/h2-5,7-8,12H,6,14H2,1H3. The lowest BCUT2D eigenvalue weighted by atomic mass is 10.2. The number of aromatic nitrogens is 5. The van der Waals surface area contributed by atoms with Gasteiger partial charge in [0.25, 0.3) is 0 Å². The molecule has 0 aliphatic rings. The highest BCUT2D eigenvalue weighted by atomic mass is 16.5. The molecule has 1 atom stereocenters. The van der Waals surface area contributed by atoms with Crippen molar-refractivity contribution in [1.29, 1.82) is 0 Å². The number of nitrogens with zero attached hydrogens (tertiary/aromatic N) is 5. The number of pyridine rings is 1. The van der Waals surface area contributed by atoms with Crippen molar-refractivity contribution < 1.29 is 4.52 Å². The van der Waals surface area contributed by atoms with Gasteiger partial charge in [-0.1, -0.05) is 5.16 Å². The molecule has 0 aromatic carbocycles. The van der Waals surface area contributed by atoms with Gasteiger partial charge in [0, 0.05) is 37.6 Å². The van der Waals surface area contributed by atoms with E-state index < -0.39 is 6.04 Å². The molecule has 0 saturated heterocycles. The maximum absolute atomic E-state index is 6.08. The monoisotopic (exact) mass is 270 g/mol. The number of hydrogen-bond donors (Lipinski definition) is 1. The molecular formula is C13H14N6O. The van der Waals surface area contributed by atoms with E-state index in [0.29, 0.717) is 18.1 Å². The Morgan fingerprint density at radius 3 is 2.85 bits per heavy atom. The summed E-state index contributed by atoms with van der Waals surface area (Å²) in [6.07, 6.45) is 7.58. The Hall–Kier alpha value is -2.54. The van der Waals surface area contributed by atoms with Gasteiger partial charge in [-0.25, -0.2) is 0 Å². The molecule has 0 bridgehead atoms. The summed E-state index contributed by atoms with van der Waals surface area (Å²) in [5, 5.41) is 8.03. The summed E-state index contributed by atoms with van der Waals surface area (Å²) in [5.74, 6) is 0.993. The van der Waals surface area contributed by atoms with Gasteiger partial charge in [-0.2, -0.15) is 10.1 Å². The van der Waals surface area contributed by atoms with Crippen molar-refractivity contribution in [2.45, 2.75) is 12.5 Å². The highest BCUT2D eigenvalue weighted by Gasteiger charge is 2.18. The summed E-state index contributed by atoms with van der Waals surface area (Å²) in [6.45, 7) is 0. The third-order valence-corrected chi connectivity index (χ3v) is 2.95. The molecule has 0 aliphatic carbocycles. The minimum atomic E-state index is -0.456. The topological polar surface area (TPSA) is 95.7 Å². The molecule has 3 heterocycles. The molecule has 3 rings (SSSR count). The largest absolute Gasteiger partial charge is 0.337 e. The zero-order valence-electron chi connectivity index (χ0n) is 11.0. The molecule has 20 heavy (non-hydrogen) atoms. The Balaban J connectivity index is 1.76. The van der Waals surface area contributed by atoms with Gasteiger partial charge in [0.05, 0.1) is 6.20 Å². The highest BCUT2D eigenvalue weighted by Crippen LogP contribution is 2.17. The van der Waals surface area contributed by atoms with Gasteiger partial charge >= 0.3 is 0 Å². The van der Waals surface area contributed by atoms with Crippen LogP contribution in [0.3, 0.4) is 0 Å².